The van der Waals surface area contributed by atoms with Gasteiger partial charge in [0.2, 0.25) is 0 Å². The molecule has 1 unspecified atom stereocenters. The van der Waals surface area contributed by atoms with E-state index in [-0.39, 0.29) is 12.5 Å². The van der Waals surface area contributed by atoms with E-state index in [0.29, 0.717) is 18.5 Å². The Labute approximate surface area is 126 Å². The zero-order valence-electron chi connectivity index (χ0n) is 11.6. The minimum atomic E-state index is -0.843. The summed E-state index contributed by atoms with van der Waals surface area (Å²) in [5.41, 5.74) is 0.763. The second-order valence-corrected chi connectivity index (χ2v) is 6.53. The molecule has 0 aliphatic carbocycles. The van der Waals surface area contributed by atoms with Gasteiger partial charge in [-0.15, -0.1) is 0 Å². The van der Waals surface area contributed by atoms with E-state index >= 15 is 0 Å². The third-order valence-electron chi connectivity index (χ3n) is 3.85. The van der Waals surface area contributed by atoms with Gasteiger partial charge in [0, 0.05) is 17.6 Å². The number of benzene rings is 1. The van der Waals surface area contributed by atoms with Crippen LogP contribution >= 0.6 is 15.9 Å². The van der Waals surface area contributed by atoms with Crippen LogP contribution in [0.5, 0.6) is 0 Å². The lowest BCUT2D eigenvalue weighted by Crippen LogP contribution is -2.48. The van der Waals surface area contributed by atoms with Crippen LogP contribution in [0.2, 0.25) is 0 Å². The minimum Gasteiger partial charge on any atom is -0.481 e. The van der Waals surface area contributed by atoms with Gasteiger partial charge in [-0.25, -0.2) is 0 Å². The van der Waals surface area contributed by atoms with Crippen molar-refractivity contribution in [3.8, 4) is 0 Å². The lowest BCUT2D eigenvalue weighted by Gasteiger charge is -2.37. The number of likely N-dealkylation sites (tertiary alicyclic amines) is 1. The highest BCUT2D eigenvalue weighted by Gasteiger charge is 2.39. The van der Waals surface area contributed by atoms with Gasteiger partial charge in [-0.1, -0.05) is 11.6 Å². The van der Waals surface area contributed by atoms with Crippen molar-refractivity contribution in [2.75, 3.05) is 13.1 Å². The van der Waals surface area contributed by atoms with E-state index < -0.39 is 11.4 Å². The molecular weight excluding hydrogens is 322 g/mol. The number of hydrogen-bond donors (Lipinski definition) is 1. The van der Waals surface area contributed by atoms with Crippen LogP contribution in [0.3, 0.4) is 0 Å². The van der Waals surface area contributed by atoms with Gasteiger partial charge in [0.1, 0.15) is 0 Å². The Morgan fingerprint density at radius 1 is 1.40 bits per heavy atom. The summed E-state index contributed by atoms with van der Waals surface area (Å²) in [5, 5.41) is 9.32. The number of hydrogen-bond acceptors (Lipinski definition) is 2. The molecule has 20 heavy (non-hydrogen) atoms. The van der Waals surface area contributed by atoms with Crippen LogP contribution in [0.1, 0.15) is 35.7 Å². The van der Waals surface area contributed by atoms with Crippen LogP contribution in [0.25, 0.3) is 0 Å². The zero-order chi connectivity index (χ0) is 14.9. The molecular formula is C15H18BrNO3. The first-order valence-electron chi connectivity index (χ1n) is 6.62. The molecule has 1 amide bonds. The number of halogens is 1. The van der Waals surface area contributed by atoms with Crippen molar-refractivity contribution in [2.45, 2.75) is 26.7 Å². The number of rotatable bonds is 2. The third-order valence-corrected chi connectivity index (χ3v) is 4.54. The van der Waals surface area contributed by atoms with Crippen LogP contribution in [0.4, 0.5) is 0 Å². The second-order valence-electron chi connectivity index (χ2n) is 5.68. The van der Waals surface area contributed by atoms with E-state index in [4.69, 9.17) is 0 Å². The molecule has 1 heterocycles. The molecule has 1 aromatic carbocycles. The van der Waals surface area contributed by atoms with Gasteiger partial charge in [-0.3, -0.25) is 9.59 Å². The monoisotopic (exact) mass is 339 g/mol. The predicted octanol–water partition coefficient (Wildman–Crippen LogP) is 3.08. The Hall–Kier alpha value is -1.36. The lowest BCUT2D eigenvalue weighted by atomic mass is 9.82. The summed E-state index contributed by atoms with van der Waals surface area (Å²) in [6.07, 6.45) is 1.33. The highest BCUT2D eigenvalue weighted by atomic mass is 79.9. The van der Waals surface area contributed by atoms with Gasteiger partial charge in [0.15, 0.2) is 0 Å². The molecule has 1 aromatic rings. The number of carbonyl (C=O) groups excluding carboxylic acids is 1. The Morgan fingerprint density at radius 3 is 2.75 bits per heavy atom. The van der Waals surface area contributed by atoms with Crippen LogP contribution in [0, 0.1) is 12.3 Å². The molecule has 1 aliphatic rings. The van der Waals surface area contributed by atoms with E-state index in [9.17, 15) is 14.7 Å². The number of carbonyl (C=O) groups is 2. The van der Waals surface area contributed by atoms with Gasteiger partial charge in [0.25, 0.3) is 5.91 Å². The standard InChI is InChI=1S/C15H18BrNO3/c1-10-4-5-12(16)11(8-10)13(18)17-7-3-6-15(2,9-17)14(19)20/h4-5,8H,3,6-7,9H2,1-2H3,(H,19,20). The van der Waals surface area contributed by atoms with Gasteiger partial charge >= 0.3 is 5.97 Å². The molecule has 0 bridgehead atoms. The Bertz CT molecular complexity index is 558. The highest BCUT2D eigenvalue weighted by Crippen LogP contribution is 2.31. The first-order valence-corrected chi connectivity index (χ1v) is 7.42. The van der Waals surface area contributed by atoms with Crippen molar-refractivity contribution < 1.29 is 14.7 Å². The first kappa shape index (κ1) is 15.0. The molecule has 4 nitrogen and oxygen atoms in total. The Kier molecular flexibility index (Phi) is 4.18. The van der Waals surface area contributed by atoms with E-state index in [1.165, 1.54) is 0 Å². The van der Waals surface area contributed by atoms with E-state index in [2.05, 4.69) is 15.9 Å². The molecule has 0 radical (unpaired) electrons. The number of piperidine rings is 1. The van der Waals surface area contributed by atoms with Crippen molar-refractivity contribution in [1.82, 2.24) is 4.90 Å². The summed E-state index contributed by atoms with van der Waals surface area (Å²) < 4.78 is 0.746. The summed E-state index contributed by atoms with van der Waals surface area (Å²) in [7, 11) is 0. The molecule has 0 aromatic heterocycles. The zero-order valence-corrected chi connectivity index (χ0v) is 13.2. The summed E-state index contributed by atoms with van der Waals surface area (Å²) in [6, 6.07) is 5.61. The summed E-state index contributed by atoms with van der Waals surface area (Å²) in [4.78, 5) is 25.6. The molecule has 0 spiro atoms. The number of aliphatic carboxylic acids is 1. The largest absolute Gasteiger partial charge is 0.481 e. The average Bonchev–Trinajstić information content (AvgIpc) is 2.40. The maximum absolute atomic E-state index is 12.6. The van der Waals surface area contributed by atoms with Crippen LogP contribution in [0.15, 0.2) is 22.7 Å². The molecule has 108 valence electrons. The van der Waals surface area contributed by atoms with E-state index in [1.54, 1.807) is 11.8 Å². The number of amides is 1. The van der Waals surface area contributed by atoms with Gasteiger partial charge in [0.05, 0.1) is 11.0 Å². The van der Waals surface area contributed by atoms with Crippen molar-refractivity contribution >= 4 is 27.8 Å². The van der Waals surface area contributed by atoms with Crippen molar-refractivity contribution in [1.29, 1.82) is 0 Å². The number of aryl methyl sites for hydroxylation is 1. The van der Waals surface area contributed by atoms with E-state index in [1.807, 2.05) is 25.1 Å². The SMILES string of the molecule is Cc1ccc(Br)c(C(=O)N2CCCC(C)(C(=O)O)C2)c1. The van der Waals surface area contributed by atoms with Crippen molar-refractivity contribution in [3.05, 3.63) is 33.8 Å². The van der Waals surface area contributed by atoms with Crippen LogP contribution in [-0.4, -0.2) is 35.0 Å². The fourth-order valence-corrected chi connectivity index (χ4v) is 2.98. The number of carboxylic acid groups (broad SMARTS) is 1. The van der Waals surface area contributed by atoms with Gasteiger partial charge in [-0.05, 0) is 54.8 Å². The Morgan fingerprint density at radius 2 is 2.10 bits per heavy atom. The topological polar surface area (TPSA) is 57.6 Å². The molecule has 1 fully saturated rings. The smallest absolute Gasteiger partial charge is 0.311 e. The summed E-state index contributed by atoms with van der Waals surface area (Å²) in [5.74, 6) is -0.939. The number of nitrogens with zero attached hydrogens (tertiary/aromatic N) is 1. The first-order chi connectivity index (χ1) is 9.33. The summed E-state index contributed by atoms with van der Waals surface area (Å²) in [6.45, 7) is 4.52. The maximum Gasteiger partial charge on any atom is 0.311 e. The summed E-state index contributed by atoms with van der Waals surface area (Å²) >= 11 is 3.39. The maximum atomic E-state index is 12.6. The molecule has 1 saturated heterocycles. The van der Waals surface area contributed by atoms with Crippen molar-refractivity contribution in [2.24, 2.45) is 5.41 Å². The third kappa shape index (κ3) is 2.87. The molecule has 1 N–H and O–H groups in total. The van der Waals surface area contributed by atoms with E-state index in [0.717, 1.165) is 16.5 Å². The Balaban J connectivity index is 2.25. The van der Waals surface area contributed by atoms with Gasteiger partial charge < -0.3 is 10.0 Å². The van der Waals surface area contributed by atoms with Gasteiger partial charge in [-0.2, -0.15) is 0 Å². The minimum absolute atomic E-state index is 0.104. The highest BCUT2D eigenvalue weighted by molar-refractivity contribution is 9.10. The molecule has 5 heteroatoms. The second kappa shape index (κ2) is 5.56. The molecule has 1 aliphatic heterocycles. The molecule has 2 rings (SSSR count). The average molecular weight is 340 g/mol. The van der Waals surface area contributed by atoms with Crippen molar-refractivity contribution in [3.63, 3.8) is 0 Å². The van der Waals surface area contributed by atoms with Crippen LogP contribution in [-0.2, 0) is 4.79 Å². The number of carboxylic acids is 1. The fourth-order valence-electron chi connectivity index (χ4n) is 2.56. The normalized spacial score (nSPS) is 22.6. The van der Waals surface area contributed by atoms with Crippen LogP contribution < -0.4 is 0 Å². The quantitative estimate of drug-likeness (QED) is 0.900. The molecule has 0 saturated carbocycles. The lowest BCUT2D eigenvalue weighted by molar-refractivity contribution is -0.150. The predicted molar refractivity (Wildman–Crippen MR) is 79.8 cm³/mol. The molecule has 1 atom stereocenters. The fraction of sp³-hybridized carbons (Fsp3) is 0.467.